The quantitative estimate of drug-likeness (QED) is 0.398. The van der Waals surface area contributed by atoms with E-state index in [2.05, 4.69) is 4.98 Å². The summed E-state index contributed by atoms with van der Waals surface area (Å²) in [6, 6.07) is 19.4. The lowest BCUT2D eigenvalue weighted by Crippen LogP contribution is -2.07. The molecule has 28 heavy (non-hydrogen) atoms. The van der Waals surface area contributed by atoms with E-state index in [0.29, 0.717) is 27.5 Å². The van der Waals surface area contributed by atoms with E-state index in [-0.39, 0.29) is 17.0 Å². The number of rotatable bonds is 3. The highest BCUT2D eigenvalue weighted by molar-refractivity contribution is 7.99. The van der Waals surface area contributed by atoms with Gasteiger partial charge in [-0.3, -0.25) is 4.79 Å². The second kappa shape index (κ2) is 6.76. The summed E-state index contributed by atoms with van der Waals surface area (Å²) in [5.41, 5.74) is 3.26. The van der Waals surface area contributed by atoms with Crippen molar-refractivity contribution in [1.29, 1.82) is 0 Å². The number of hydrogen-bond donors (Lipinski definition) is 0. The van der Waals surface area contributed by atoms with Crippen LogP contribution in [0.3, 0.4) is 0 Å². The number of aromatic nitrogens is 2. The molecule has 1 atom stereocenters. The molecule has 0 aliphatic carbocycles. The molecule has 0 radical (unpaired) electrons. The van der Waals surface area contributed by atoms with Gasteiger partial charge in [-0.1, -0.05) is 48.0 Å². The first-order valence-electron chi connectivity index (χ1n) is 8.79. The molecule has 4 aromatic rings. The molecule has 5 rings (SSSR count). The van der Waals surface area contributed by atoms with Gasteiger partial charge < -0.3 is 4.57 Å². The van der Waals surface area contributed by atoms with Crippen LogP contribution in [0.15, 0.2) is 66.7 Å². The zero-order valence-corrected chi connectivity index (χ0v) is 16.2. The Morgan fingerprint density at radius 1 is 1.07 bits per heavy atom. The number of fused-ring (bicyclic) bond motifs is 3. The number of hydrogen-bond acceptors (Lipinski definition) is 3. The normalized spacial score (nSPS) is 15.7. The number of halogens is 2. The van der Waals surface area contributed by atoms with E-state index in [0.717, 1.165) is 16.9 Å². The maximum absolute atomic E-state index is 14.5. The average molecular weight is 409 g/mol. The van der Waals surface area contributed by atoms with Gasteiger partial charge in [-0.2, -0.15) is 0 Å². The molecular weight excluding hydrogens is 395 g/mol. The highest BCUT2D eigenvalue weighted by Gasteiger charge is 2.31. The summed E-state index contributed by atoms with van der Waals surface area (Å²) in [6.07, 6.45) is 0. The van der Waals surface area contributed by atoms with Gasteiger partial charge in [-0.05, 0) is 30.3 Å². The Hall–Kier alpha value is -2.63. The van der Waals surface area contributed by atoms with Gasteiger partial charge in [-0.25, -0.2) is 9.37 Å². The van der Waals surface area contributed by atoms with Gasteiger partial charge in [-0.15, -0.1) is 11.8 Å². The van der Waals surface area contributed by atoms with Gasteiger partial charge in [0.1, 0.15) is 17.0 Å². The Kier molecular flexibility index (Phi) is 4.22. The summed E-state index contributed by atoms with van der Waals surface area (Å²) in [6.45, 7) is 0. The number of carbonyl (C=O) groups is 1. The lowest BCUT2D eigenvalue weighted by Gasteiger charge is -2.16. The van der Waals surface area contributed by atoms with E-state index < -0.39 is 0 Å². The Labute approximate surface area is 170 Å². The molecule has 3 aromatic carbocycles. The molecule has 0 N–H and O–H groups in total. The number of thioether (sulfide) groups is 1. The predicted octanol–water partition coefficient (Wildman–Crippen LogP) is 5.85. The van der Waals surface area contributed by atoms with Crippen molar-refractivity contribution >= 4 is 40.2 Å². The molecule has 138 valence electrons. The number of carbonyl (C=O) groups excluding carboxylic acids is 1. The van der Waals surface area contributed by atoms with Crippen LogP contribution in [-0.2, 0) is 5.75 Å². The first-order valence-corrected chi connectivity index (χ1v) is 10.2. The van der Waals surface area contributed by atoms with Gasteiger partial charge in [0.05, 0.1) is 16.8 Å². The number of ketones is 1. The molecule has 0 amide bonds. The molecule has 1 aliphatic rings. The third-order valence-electron chi connectivity index (χ3n) is 4.91. The average Bonchev–Trinajstić information content (AvgIpc) is 3.27. The summed E-state index contributed by atoms with van der Waals surface area (Å²) < 4.78 is 16.5. The molecule has 0 saturated heterocycles. The topological polar surface area (TPSA) is 34.9 Å². The van der Waals surface area contributed by atoms with E-state index >= 15 is 0 Å². The monoisotopic (exact) mass is 408 g/mol. The lowest BCUT2D eigenvalue weighted by molar-refractivity contribution is 0.103. The second-order valence-electron chi connectivity index (χ2n) is 6.60. The Morgan fingerprint density at radius 2 is 1.89 bits per heavy atom. The lowest BCUT2D eigenvalue weighted by atomic mass is 10.0. The molecule has 2 heterocycles. The van der Waals surface area contributed by atoms with Gasteiger partial charge >= 0.3 is 0 Å². The van der Waals surface area contributed by atoms with Crippen molar-refractivity contribution in [3.63, 3.8) is 0 Å². The molecule has 6 heteroatoms. The summed E-state index contributed by atoms with van der Waals surface area (Å²) in [7, 11) is 0. The molecule has 0 spiro atoms. The van der Waals surface area contributed by atoms with Crippen LogP contribution in [0.1, 0.15) is 32.7 Å². The fourth-order valence-corrected chi connectivity index (χ4v) is 5.22. The van der Waals surface area contributed by atoms with Crippen molar-refractivity contribution < 1.29 is 9.18 Å². The first-order chi connectivity index (χ1) is 13.6. The van der Waals surface area contributed by atoms with Crippen LogP contribution in [0.25, 0.3) is 11.0 Å². The van der Waals surface area contributed by atoms with Crippen LogP contribution in [0, 0.1) is 5.82 Å². The Morgan fingerprint density at radius 3 is 2.68 bits per heavy atom. The minimum atomic E-state index is -0.337. The van der Waals surface area contributed by atoms with Crippen molar-refractivity contribution in [1.82, 2.24) is 9.55 Å². The van der Waals surface area contributed by atoms with Crippen molar-refractivity contribution in [2.24, 2.45) is 0 Å². The molecule has 0 saturated carbocycles. The van der Waals surface area contributed by atoms with E-state index in [4.69, 9.17) is 11.6 Å². The van der Waals surface area contributed by atoms with E-state index in [9.17, 15) is 9.18 Å². The van der Waals surface area contributed by atoms with Gasteiger partial charge in [0, 0.05) is 21.7 Å². The van der Waals surface area contributed by atoms with Gasteiger partial charge in [0.25, 0.3) is 0 Å². The summed E-state index contributed by atoms with van der Waals surface area (Å²) >= 11 is 7.89. The molecule has 0 bridgehead atoms. The number of benzene rings is 3. The SMILES string of the molecule is O=C(c1ccccc1)c1ccc2nc3n(c2c1)C(c1c(F)cccc1Cl)SC3. The maximum Gasteiger partial charge on any atom is 0.193 e. The zero-order valence-electron chi connectivity index (χ0n) is 14.6. The van der Waals surface area contributed by atoms with Crippen molar-refractivity contribution in [2.75, 3.05) is 0 Å². The minimum absolute atomic E-state index is 0.0517. The predicted molar refractivity (Wildman–Crippen MR) is 110 cm³/mol. The van der Waals surface area contributed by atoms with Crippen LogP contribution >= 0.6 is 23.4 Å². The molecule has 1 aromatic heterocycles. The van der Waals surface area contributed by atoms with E-state index in [1.54, 1.807) is 42.1 Å². The van der Waals surface area contributed by atoms with Crippen LogP contribution in [-0.4, -0.2) is 15.3 Å². The molecule has 3 nitrogen and oxygen atoms in total. The number of imidazole rings is 1. The third-order valence-corrected chi connectivity index (χ3v) is 6.43. The Bertz CT molecular complexity index is 1200. The highest BCUT2D eigenvalue weighted by atomic mass is 35.5. The fourth-order valence-electron chi connectivity index (χ4n) is 3.59. The molecule has 1 aliphatic heterocycles. The standard InChI is InChI=1S/C22H14ClFN2OS/c23-15-7-4-8-16(24)20(15)22-26-18-11-14(21(27)13-5-2-1-3-6-13)9-10-17(18)25-19(26)12-28-22/h1-11,22H,12H2. The molecular formula is C22H14ClFN2OS. The van der Waals surface area contributed by atoms with Crippen LogP contribution in [0.2, 0.25) is 5.02 Å². The van der Waals surface area contributed by atoms with Gasteiger partial charge in [0.2, 0.25) is 0 Å². The fraction of sp³-hybridized carbons (Fsp3) is 0.0909. The van der Waals surface area contributed by atoms with Crippen molar-refractivity contribution in [3.05, 3.63) is 100 Å². The maximum atomic E-state index is 14.5. The van der Waals surface area contributed by atoms with E-state index in [1.165, 1.54) is 6.07 Å². The largest absolute Gasteiger partial charge is 0.310 e. The smallest absolute Gasteiger partial charge is 0.193 e. The second-order valence-corrected chi connectivity index (χ2v) is 8.07. The summed E-state index contributed by atoms with van der Waals surface area (Å²) in [4.78, 5) is 17.5. The van der Waals surface area contributed by atoms with Gasteiger partial charge in [0.15, 0.2) is 5.78 Å². The summed E-state index contributed by atoms with van der Waals surface area (Å²) in [5.74, 6) is 1.13. The zero-order chi connectivity index (χ0) is 19.3. The highest BCUT2D eigenvalue weighted by Crippen LogP contribution is 2.45. The Balaban J connectivity index is 1.65. The molecule has 0 fully saturated rings. The van der Waals surface area contributed by atoms with E-state index in [1.807, 2.05) is 34.9 Å². The van der Waals surface area contributed by atoms with Crippen LogP contribution in [0.4, 0.5) is 4.39 Å². The first kappa shape index (κ1) is 17.5. The minimum Gasteiger partial charge on any atom is -0.310 e. The van der Waals surface area contributed by atoms with Crippen molar-refractivity contribution in [2.45, 2.75) is 11.1 Å². The summed E-state index contributed by atoms with van der Waals surface area (Å²) in [5, 5.41) is 0.0829. The van der Waals surface area contributed by atoms with Crippen molar-refractivity contribution in [3.8, 4) is 0 Å². The van der Waals surface area contributed by atoms with Crippen LogP contribution < -0.4 is 0 Å². The third kappa shape index (κ3) is 2.74. The number of nitrogens with zero attached hydrogens (tertiary/aromatic N) is 2. The molecule has 1 unspecified atom stereocenters. The van der Waals surface area contributed by atoms with Crippen LogP contribution in [0.5, 0.6) is 0 Å².